The van der Waals surface area contributed by atoms with Crippen molar-refractivity contribution in [3.05, 3.63) is 39.8 Å². The molecule has 0 spiro atoms. The Morgan fingerprint density at radius 1 is 1.38 bits per heavy atom. The number of sulfonamides is 1. The maximum Gasteiger partial charge on any atom is 0.293 e. The van der Waals surface area contributed by atoms with Gasteiger partial charge in [-0.05, 0) is 44.9 Å². The highest BCUT2D eigenvalue weighted by atomic mass is 35.5. The van der Waals surface area contributed by atoms with Crippen LogP contribution in [0.25, 0.3) is 0 Å². The molecule has 0 atom stereocenters. The number of ether oxygens (including phenoxy) is 1. The minimum atomic E-state index is -3.35. The number of benzene rings is 1. The maximum atomic E-state index is 12.5. The highest BCUT2D eigenvalue weighted by Gasteiger charge is 2.31. The Morgan fingerprint density at radius 2 is 2.04 bits per heavy atom. The van der Waals surface area contributed by atoms with Crippen LogP contribution in [0, 0.1) is 0 Å². The first-order valence-electron chi connectivity index (χ1n) is 8.50. The van der Waals surface area contributed by atoms with Crippen LogP contribution in [0.3, 0.4) is 0 Å². The van der Waals surface area contributed by atoms with Gasteiger partial charge in [0.1, 0.15) is 6.61 Å². The van der Waals surface area contributed by atoms with Crippen LogP contribution in [0.15, 0.2) is 29.2 Å². The molecule has 1 fully saturated rings. The van der Waals surface area contributed by atoms with Gasteiger partial charge in [0.2, 0.25) is 10.0 Å². The second-order valence-corrected chi connectivity index (χ2v) is 8.87. The van der Waals surface area contributed by atoms with Gasteiger partial charge >= 0.3 is 0 Å². The summed E-state index contributed by atoms with van der Waals surface area (Å²) in [6.45, 7) is 4.89. The number of rotatable bonds is 7. The molecule has 8 heteroatoms. The van der Waals surface area contributed by atoms with E-state index in [2.05, 4.69) is 4.90 Å². The largest absolute Gasteiger partial charge is 0.463 e. The summed E-state index contributed by atoms with van der Waals surface area (Å²) in [5.41, 5.74) is 1.76. The van der Waals surface area contributed by atoms with Crippen LogP contribution >= 0.6 is 11.6 Å². The van der Waals surface area contributed by atoms with Gasteiger partial charge in [0.25, 0.3) is 6.47 Å². The quantitative estimate of drug-likeness (QED) is 0.657. The summed E-state index contributed by atoms with van der Waals surface area (Å²) in [4.78, 5) is 13.0. The number of allylic oxidation sites excluding steroid dienone is 2. The Morgan fingerprint density at radius 3 is 2.62 bits per heavy atom. The van der Waals surface area contributed by atoms with E-state index >= 15 is 0 Å². The molecule has 26 heavy (non-hydrogen) atoms. The monoisotopic (exact) mass is 400 g/mol. The number of nitrogens with zero attached hydrogens (tertiary/aromatic N) is 2. The second-order valence-electron chi connectivity index (χ2n) is 6.33. The van der Waals surface area contributed by atoms with E-state index in [9.17, 15) is 13.2 Å². The fourth-order valence-corrected chi connectivity index (χ4v) is 4.75. The highest BCUT2D eigenvalue weighted by molar-refractivity contribution is 7.93. The average molecular weight is 401 g/mol. The zero-order chi connectivity index (χ0) is 19.3. The standard InChI is InChI=1S/C18H25ClN2O4S/c1-4-14(2)26(23,24)21-9-7-17(8-10-21)20(3)18-6-5-16(19)11-15(18)12-25-13-22/h4-6,11,13,17H,7-10,12H2,1-3H3/b14-4-. The Labute approximate surface area is 160 Å². The van der Waals surface area contributed by atoms with E-state index in [-0.39, 0.29) is 12.6 Å². The molecule has 0 unspecified atom stereocenters. The zero-order valence-corrected chi connectivity index (χ0v) is 16.9. The summed E-state index contributed by atoms with van der Waals surface area (Å²) in [7, 11) is -1.38. The molecule has 0 aromatic heterocycles. The summed E-state index contributed by atoms with van der Waals surface area (Å²) in [5, 5.41) is 0.578. The third kappa shape index (κ3) is 4.58. The van der Waals surface area contributed by atoms with Crippen LogP contribution in [0.1, 0.15) is 32.3 Å². The normalized spacial score (nSPS) is 17.2. The van der Waals surface area contributed by atoms with E-state index < -0.39 is 10.0 Å². The first-order chi connectivity index (χ1) is 12.3. The molecule has 1 aromatic carbocycles. The fourth-order valence-electron chi connectivity index (χ4n) is 3.16. The Kier molecular flexibility index (Phi) is 7.08. The number of halogens is 1. The molecule has 1 aliphatic heterocycles. The lowest BCUT2D eigenvalue weighted by molar-refractivity contribution is -0.129. The van der Waals surface area contributed by atoms with Gasteiger partial charge < -0.3 is 9.64 Å². The van der Waals surface area contributed by atoms with Gasteiger partial charge in [0, 0.05) is 42.5 Å². The molecule has 0 amide bonds. The SMILES string of the molecule is C/C=C(/C)S(=O)(=O)N1CCC(N(C)c2ccc(Cl)cc2COC=O)CC1. The molecule has 0 N–H and O–H groups in total. The van der Waals surface area contributed by atoms with Gasteiger partial charge in [0.15, 0.2) is 0 Å². The van der Waals surface area contributed by atoms with E-state index in [1.807, 2.05) is 13.1 Å². The Bertz CT molecular complexity index is 771. The van der Waals surface area contributed by atoms with Gasteiger partial charge in [-0.15, -0.1) is 0 Å². The smallest absolute Gasteiger partial charge is 0.293 e. The van der Waals surface area contributed by atoms with Gasteiger partial charge in [-0.3, -0.25) is 4.79 Å². The summed E-state index contributed by atoms with van der Waals surface area (Å²) in [6.07, 6.45) is 3.08. The molecule has 0 saturated carbocycles. The van der Waals surface area contributed by atoms with E-state index in [1.165, 1.54) is 0 Å². The maximum absolute atomic E-state index is 12.5. The topological polar surface area (TPSA) is 66.9 Å². The van der Waals surface area contributed by atoms with Crippen LogP contribution < -0.4 is 4.90 Å². The number of carbonyl (C=O) groups excluding carboxylic acids is 1. The fraction of sp³-hybridized carbons (Fsp3) is 0.500. The van der Waals surface area contributed by atoms with Crippen LogP contribution in [0.4, 0.5) is 5.69 Å². The van der Waals surface area contributed by atoms with Gasteiger partial charge in [-0.25, -0.2) is 8.42 Å². The van der Waals surface area contributed by atoms with Gasteiger partial charge in [0.05, 0.1) is 4.91 Å². The van der Waals surface area contributed by atoms with Crippen LogP contribution in [-0.4, -0.2) is 45.4 Å². The van der Waals surface area contributed by atoms with Crippen molar-refractivity contribution in [1.82, 2.24) is 4.31 Å². The number of anilines is 1. The molecule has 0 radical (unpaired) electrons. The summed E-state index contributed by atoms with van der Waals surface area (Å²) < 4.78 is 31.3. The lowest BCUT2D eigenvalue weighted by atomic mass is 10.0. The molecule has 144 valence electrons. The summed E-state index contributed by atoms with van der Waals surface area (Å²) >= 11 is 6.06. The van der Waals surface area contributed by atoms with E-state index in [0.29, 0.717) is 29.5 Å². The third-order valence-corrected chi connectivity index (χ3v) is 7.18. The summed E-state index contributed by atoms with van der Waals surface area (Å²) in [6, 6.07) is 5.68. The van der Waals surface area contributed by atoms with Crippen LogP contribution in [-0.2, 0) is 26.2 Å². The number of carbonyl (C=O) groups is 1. The molecular formula is C18H25ClN2O4S. The minimum absolute atomic E-state index is 0.150. The predicted octanol–water partition coefficient (Wildman–Crippen LogP) is 3.17. The van der Waals surface area contributed by atoms with Crippen molar-refractivity contribution in [2.24, 2.45) is 0 Å². The molecule has 0 bridgehead atoms. The van der Waals surface area contributed by atoms with Crippen molar-refractivity contribution in [2.75, 3.05) is 25.0 Å². The first-order valence-corrected chi connectivity index (χ1v) is 10.3. The van der Waals surface area contributed by atoms with Crippen LogP contribution in [0.5, 0.6) is 0 Å². The molecule has 1 aliphatic rings. The molecule has 1 aromatic rings. The molecule has 0 aliphatic carbocycles. The molecule has 6 nitrogen and oxygen atoms in total. The van der Waals surface area contributed by atoms with E-state index in [1.54, 1.807) is 36.4 Å². The van der Waals surface area contributed by atoms with Gasteiger partial charge in [-0.1, -0.05) is 17.7 Å². The predicted molar refractivity (Wildman–Crippen MR) is 104 cm³/mol. The Balaban J connectivity index is 2.11. The van der Waals surface area contributed by atoms with E-state index in [4.69, 9.17) is 16.3 Å². The molecule has 1 saturated heterocycles. The number of hydrogen-bond acceptors (Lipinski definition) is 5. The highest BCUT2D eigenvalue weighted by Crippen LogP contribution is 2.29. The molecule has 1 heterocycles. The molecule has 2 rings (SSSR count). The van der Waals surface area contributed by atoms with Gasteiger partial charge in [-0.2, -0.15) is 4.31 Å². The van der Waals surface area contributed by atoms with E-state index in [0.717, 1.165) is 24.1 Å². The number of hydrogen-bond donors (Lipinski definition) is 0. The van der Waals surface area contributed by atoms with Crippen molar-refractivity contribution >= 4 is 33.8 Å². The lowest BCUT2D eigenvalue weighted by Gasteiger charge is -2.38. The second kappa shape index (κ2) is 8.88. The van der Waals surface area contributed by atoms with Crippen LogP contribution in [0.2, 0.25) is 5.02 Å². The van der Waals surface area contributed by atoms with Crippen molar-refractivity contribution in [3.63, 3.8) is 0 Å². The van der Waals surface area contributed by atoms with Crippen molar-refractivity contribution in [1.29, 1.82) is 0 Å². The number of piperidine rings is 1. The third-order valence-electron chi connectivity index (χ3n) is 4.85. The zero-order valence-electron chi connectivity index (χ0n) is 15.3. The minimum Gasteiger partial charge on any atom is -0.463 e. The average Bonchev–Trinajstić information content (AvgIpc) is 2.65. The van der Waals surface area contributed by atoms with Crippen molar-refractivity contribution in [2.45, 2.75) is 39.3 Å². The van der Waals surface area contributed by atoms with Crippen molar-refractivity contribution < 1.29 is 17.9 Å². The van der Waals surface area contributed by atoms with Crippen molar-refractivity contribution in [3.8, 4) is 0 Å². The lowest BCUT2D eigenvalue weighted by Crippen LogP contribution is -2.45. The first kappa shape index (κ1) is 20.7. The Hall–Kier alpha value is -1.57. The molecular weight excluding hydrogens is 376 g/mol. The summed E-state index contributed by atoms with van der Waals surface area (Å²) in [5.74, 6) is 0.